The molecule has 13 heavy (non-hydrogen) atoms. The maximum atomic E-state index is 11.5. The van der Waals surface area contributed by atoms with E-state index in [9.17, 15) is 4.57 Å². The third-order valence-electron chi connectivity index (χ3n) is 1.95. The highest BCUT2D eigenvalue weighted by molar-refractivity contribution is 7.48. The lowest BCUT2D eigenvalue weighted by molar-refractivity contribution is 0.0518. The summed E-state index contributed by atoms with van der Waals surface area (Å²) in [4.78, 5) is 0. The first-order valence-electron chi connectivity index (χ1n) is 4.15. The van der Waals surface area contributed by atoms with Crippen molar-refractivity contribution in [1.82, 2.24) is 0 Å². The van der Waals surface area contributed by atoms with Gasteiger partial charge in [-0.3, -0.25) is 13.6 Å². The van der Waals surface area contributed by atoms with Crippen LogP contribution in [0.1, 0.15) is 27.7 Å². The van der Waals surface area contributed by atoms with Crippen molar-refractivity contribution in [2.45, 2.75) is 33.8 Å². The zero-order chi connectivity index (χ0) is 10.7. The molecule has 0 spiro atoms. The minimum Gasteiger partial charge on any atom is -0.290 e. The lowest BCUT2D eigenvalue weighted by Gasteiger charge is -2.28. The fraction of sp³-hybridized carbons (Fsp3) is 1.00. The van der Waals surface area contributed by atoms with Crippen LogP contribution in [0.15, 0.2) is 0 Å². The monoisotopic (exact) mass is 210 g/mol. The molecule has 0 saturated carbocycles. The summed E-state index contributed by atoms with van der Waals surface area (Å²) in [6.07, 6.45) is -0.196. The summed E-state index contributed by atoms with van der Waals surface area (Å²) >= 11 is 0. The van der Waals surface area contributed by atoms with Crippen molar-refractivity contribution in [1.29, 1.82) is 0 Å². The lowest BCUT2D eigenvalue weighted by Crippen LogP contribution is -2.25. The molecule has 0 bridgehead atoms. The predicted molar refractivity (Wildman–Crippen MR) is 51.6 cm³/mol. The zero-order valence-corrected chi connectivity index (χ0v) is 10.1. The quantitative estimate of drug-likeness (QED) is 0.669. The van der Waals surface area contributed by atoms with Gasteiger partial charge in [0, 0.05) is 14.2 Å². The topological polar surface area (TPSA) is 44.8 Å². The Hall–Kier alpha value is 0.110. The SMILES string of the molecule is COP(=O)(OC)OC(C)C(C)(C)C. The molecule has 1 atom stereocenters. The van der Waals surface area contributed by atoms with Crippen LogP contribution in [0.4, 0.5) is 0 Å². The van der Waals surface area contributed by atoms with E-state index >= 15 is 0 Å². The summed E-state index contributed by atoms with van der Waals surface area (Å²) in [6, 6.07) is 0. The molecule has 80 valence electrons. The van der Waals surface area contributed by atoms with Crippen LogP contribution in [-0.2, 0) is 18.1 Å². The van der Waals surface area contributed by atoms with Gasteiger partial charge in [-0.1, -0.05) is 20.8 Å². The molecule has 0 heterocycles. The van der Waals surface area contributed by atoms with Gasteiger partial charge < -0.3 is 0 Å². The van der Waals surface area contributed by atoms with Gasteiger partial charge in [0.25, 0.3) is 0 Å². The molecule has 0 rings (SSSR count). The summed E-state index contributed by atoms with van der Waals surface area (Å²) in [5.74, 6) is 0. The van der Waals surface area contributed by atoms with Crippen LogP contribution in [-0.4, -0.2) is 20.3 Å². The van der Waals surface area contributed by atoms with Crippen molar-refractivity contribution >= 4 is 7.82 Å². The number of hydrogen-bond acceptors (Lipinski definition) is 4. The molecule has 0 amide bonds. The Morgan fingerprint density at radius 1 is 1.15 bits per heavy atom. The standard InChI is InChI=1S/C8H19O4P/c1-7(8(2,3)4)12-13(9,10-5)11-6/h7H,1-6H3. The Balaban J connectivity index is 4.35. The molecule has 0 aromatic heterocycles. The van der Waals surface area contributed by atoms with E-state index in [2.05, 4.69) is 9.05 Å². The van der Waals surface area contributed by atoms with E-state index in [1.165, 1.54) is 14.2 Å². The van der Waals surface area contributed by atoms with E-state index in [1.807, 2.05) is 27.7 Å². The van der Waals surface area contributed by atoms with E-state index in [1.54, 1.807) is 0 Å². The van der Waals surface area contributed by atoms with Crippen LogP contribution < -0.4 is 0 Å². The predicted octanol–water partition coefficient (Wildman–Crippen LogP) is 2.84. The molecule has 0 fully saturated rings. The van der Waals surface area contributed by atoms with Crippen molar-refractivity contribution in [3.8, 4) is 0 Å². The van der Waals surface area contributed by atoms with Crippen molar-refractivity contribution < 1.29 is 18.1 Å². The van der Waals surface area contributed by atoms with Crippen molar-refractivity contribution in [3.63, 3.8) is 0 Å². The third-order valence-corrected chi connectivity index (χ3v) is 3.42. The number of hydrogen-bond donors (Lipinski definition) is 0. The third kappa shape index (κ3) is 4.23. The van der Waals surface area contributed by atoms with Crippen LogP contribution in [0.2, 0.25) is 0 Å². The van der Waals surface area contributed by atoms with Gasteiger partial charge in [0.2, 0.25) is 0 Å². The Morgan fingerprint density at radius 3 is 1.77 bits per heavy atom. The van der Waals surface area contributed by atoms with Gasteiger partial charge in [0.05, 0.1) is 6.10 Å². The highest BCUT2D eigenvalue weighted by Gasteiger charge is 2.31. The Kier molecular flexibility index (Phi) is 4.60. The maximum Gasteiger partial charge on any atom is 0.474 e. The van der Waals surface area contributed by atoms with E-state index in [0.29, 0.717) is 0 Å². The molecule has 0 aromatic carbocycles. The highest BCUT2D eigenvalue weighted by atomic mass is 31.2. The number of phosphoric acid groups is 1. The van der Waals surface area contributed by atoms with Crippen molar-refractivity contribution in [2.24, 2.45) is 5.41 Å². The summed E-state index contributed by atoms with van der Waals surface area (Å²) in [6.45, 7) is 7.82. The molecule has 0 aliphatic rings. The molecule has 0 N–H and O–H groups in total. The van der Waals surface area contributed by atoms with Crippen molar-refractivity contribution in [3.05, 3.63) is 0 Å². The molecular formula is C8H19O4P. The first-order valence-corrected chi connectivity index (χ1v) is 5.61. The molecule has 4 nitrogen and oxygen atoms in total. The second-order valence-corrected chi connectivity index (χ2v) is 5.76. The van der Waals surface area contributed by atoms with Crippen LogP contribution >= 0.6 is 7.82 Å². The van der Waals surface area contributed by atoms with Crippen LogP contribution in [0.5, 0.6) is 0 Å². The normalized spacial score (nSPS) is 15.8. The Labute approximate surface area is 80.2 Å². The van der Waals surface area contributed by atoms with Crippen molar-refractivity contribution in [2.75, 3.05) is 14.2 Å². The van der Waals surface area contributed by atoms with Gasteiger partial charge in [-0.2, -0.15) is 0 Å². The smallest absolute Gasteiger partial charge is 0.290 e. The average Bonchev–Trinajstić information content (AvgIpc) is 2.02. The molecule has 0 aliphatic heterocycles. The molecule has 0 aromatic rings. The van der Waals surface area contributed by atoms with Gasteiger partial charge in [-0.15, -0.1) is 0 Å². The largest absolute Gasteiger partial charge is 0.474 e. The van der Waals surface area contributed by atoms with E-state index < -0.39 is 7.82 Å². The zero-order valence-electron chi connectivity index (χ0n) is 9.16. The molecule has 5 heteroatoms. The molecular weight excluding hydrogens is 191 g/mol. The van der Waals surface area contributed by atoms with Crippen LogP contribution in [0, 0.1) is 5.41 Å². The molecule has 0 saturated heterocycles. The fourth-order valence-electron chi connectivity index (χ4n) is 0.512. The summed E-state index contributed by atoms with van der Waals surface area (Å²) in [5, 5.41) is 0. The first-order chi connectivity index (χ1) is 5.75. The summed E-state index contributed by atoms with van der Waals surface area (Å²) < 4.78 is 26.1. The van der Waals surface area contributed by atoms with E-state index in [4.69, 9.17) is 4.52 Å². The Bertz CT molecular complexity index is 189. The molecule has 1 unspecified atom stereocenters. The van der Waals surface area contributed by atoms with Gasteiger partial charge >= 0.3 is 7.82 Å². The summed E-state index contributed by atoms with van der Waals surface area (Å²) in [5.41, 5.74) is -0.0906. The number of phosphoric ester groups is 1. The lowest BCUT2D eigenvalue weighted by atomic mass is 9.91. The van der Waals surface area contributed by atoms with E-state index in [0.717, 1.165) is 0 Å². The summed E-state index contributed by atoms with van der Waals surface area (Å²) in [7, 11) is -0.723. The van der Waals surface area contributed by atoms with Crippen LogP contribution in [0.3, 0.4) is 0 Å². The second-order valence-electron chi connectivity index (χ2n) is 3.93. The molecule has 0 aliphatic carbocycles. The second kappa shape index (κ2) is 4.56. The number of rotatable bonds is 4. The highest BCUT2D eigenvalue weighted by Crippen LogP contribution is 2.50. The molecule has 0 radical (unpaired) electrons. The first kappa shape index (κ1) is 13.1. The minimum atomic E-state index is -3.33. The van der Waals surface area contributed by atoms with Gasteiger partial charge in [0.1, 0.15) is 0 Å². The van der Waals surface area contributed by atoms with Gasteiger partial charge in [0.15, 0.2) is 0 Å². The average molecular weight is 210 g/mol. The van der Waals surface area contributed by atoms with Crippen LogP contribution in [0.25, 0.3) is 0 Å². The van der Waals surface area contributed by atoms with Gasteiger partial charge in [-0.05, 0) is 12.3 Å². The fourth-order valence-corrected chi connectivity index (χ4v) is 1.54. The maximum absolute atomic E-state index is 11.5. The van der Waals surface area contributed by atoms with E-state index in [-0.39, 0.29) is 11.5 Å². The minimum absolute atomic E-state index is 0.0906. The van der Waals surface area contributed by atoms with Gasteiger partial charge in [-0.25, -0.2) is 4.57 Å². The Morgan fingerprint density at radius 2 is 1.54 bits per heavy atom.